The van der Waals surface area contributed by atoms with Crippen LogP contribution in [0.25, 0.3) is 10.9 Å². The molecule has 6 nitrogen and oxygen atoms in total. The fourth-order valence-electron chi connectivity index (χ4n) is 3.67. The van der Waals surface area contributed by atoms with Crippen molar-refractivity contribution < 1.29 is 14.7 Å². The molecule has 3 rings (SSSR count). The summed E-state index contributed by atoms with van der Waals surface area (Å²) in [4.78, 5) is 26.3. The molecule has 2 atom stereocenters. The molecule has 0 bridgehead atoms. The SMILES string of the molecule is CC(=O)N[C@H]1CCN(C(=O)c2c(C)n(C)c3ccccc23)CC[C@@H]1O. The monoisotopic (exact) mass is 343 g/mol. The minimum absolute atomic E-state index is 0.00928. The van der Waals surface area contributed by atoms with Crippen LogP contribution in [0.4, 0.5) is 0 Å². The van der Waals surface area contributed by atoms with Crippen LogP contribution in [0.3, 0.4) is 0 Å². The Kier molecular flexibility index (Phi) is 4.81. The molecular weight excluding hydrogens is 318 g/mol. The van der Waals surface area contributed by atoms with E-state index >= 15 is 0 Å². The smallest absolute Gasteiger partial charge is 0.256 e. The molecule has 2 N–H and O–H groups in total. The summed E-state index contributed by atoms with van der Waals surface area (Å²) in [5.74, 6) is -0.168. The molecule has 1 saturated heterocycles. The second-order valence-corrected chi connectivity index (χ2v) is 6.78. The van der Waals surface area contributed by atoms with Crippen molar-refractivity contribution in [3.8, 4) is 0 Å². The van der Waals surface area contributed by atoms with E-state index in [0.717, 1.165) is 22.2 Å². The number of carbonyl (C=O) groups excluding carboxylic acids is 2. The zero-order valence-corrected chi connectivity index (χ0v) is 15.0. The van der Waals surface area contributed by atoms with Gasteiger partial charge >= 0.3 is 0 Å². The number of aromatic nitrogens is 1. The van der Waals surface area contributed by atoms with Crippen molar-refractivity contribution in [1.29, 1.82) is 0 Å². The van der Waals surface area contributed by atoms with Crippen molar-refractivity contribution in [2.24, 2.45) is 7.05 Å². The van der Waals surface area contributed by atoms with Crippen molar-refractivity contribution in [2.75, 3.05) is 13.1 Å². The molecule has 0 unspecified atom stereocenters. The minimum atomic E-state index is -0.629. The zero-order valence-electron chi connectivity index (χ0n) is 15.0. The van der Waals surface area contributed by atoms with E-state index in [-0.39, 0.29) is 17.9 Å². The van der Waals surface area contributed by atoms with Crippen LogP contribution in [0.5, 0.6) is 0 Å². The van der Waals surface area contributed by atoms with Gasteiger partial charge in [-0.2, -0.15) is 0 Å². The number of aryl methyl sites for hydroxylation is 1. The standard InChI is InChI=1S/C19H25N3O3/c1-12-18(14-6-4-5-7-16(14)21(12)3)19(25)22-10-8-15(20-13(2)23)17(24)9-11-22/h4-7,15,17,24H,8-11H2,1-3H3,(H,20,23)/t15-,17-/m0/s1. The topological polar surface area (TPSA) is 74.6 Å². The number of fused-ring (bicyclic) bond motifs is 1. The van der Waals surface area contributed by atoms with Gasteiger partial charge in [-0.1, -0.05) is 18.2 Å². The Labute approximate surface area is 147 Å². The average molecular weight is 343 g/mol. The predicted octanol–water partition coefficient (Wildman–Crippen LogP) is 1.59. The van der Waals surface area contributed by atoms with Gasteiger partial charge < -0.3 is 19.9 Å². The first-order chi connectivity index (χ1) is 11.9. The van der Waals surface area contributed by atoms with E-state index in [1.54, 1.807) is 4.90 Å². The molecule has 2 heterocycles. The molecule has 1 aliphatic rings. The Bertz CT molecular complexity index is 812. The van der Waals surface area contributed by atoms with Gasteiger partial charge in [-0.25, -0.2) is 0 Å². The summed E-state index contributed by atoms with van der Waals surface area (Å²) in [5.41, 5.74) is 2.70. The van der Waals surface area contributed by atoms with Gasteiger partial charge in [-0.3, -0.25) is 9.59 Å². The number of rotatable bonds is 2. The second-order valence-electron chi connectivity index (χ2n) is 6.78. The molecule has 6 heteroatoms. The van der Waals surface area contributed by atoms with E-state index in [1.165, 1.54) is 6.92 Å². The Morgan fingerprint density at radius 1 is 1.20 bits per heavy atom. The van der Waals surface area contributed by atoms with Crippen LogP contribution >= 0.6 is 0 Å². The molecule has 2 amide bonds. The van der Waals surface area contributed by atoms with Gasteiger partial charge in [0.1, 0.15) is 0 Å². The lowest BCUT2D eigenvalue weighted by Crippen LogP contribution is -2.42. The van der Waals surface area contributed by atoms with Gasteiger partial charge in [0.15, 0.2) is 0 Å². The third-order valence-electron chi connectivity index (χ3n) is 5.16. The molecule has 1 aliphatic heterocycles. The molecule has 2 aromatic rings. The number of aliphatic hydroxyl groups is 1. The maximum Gasteiger partial charge on any atom is 0.256 e. The molecule has 0 radical (unpaired) electrons. The summed E-state index contributed by atoms with van der Waals surface area (Å²) in [5, 5.41) is 14.0. The minimum Gasteiger partial charge on any atom is -0.391 e. The highest BCUT2D eigenvalue weighted by atomic mass is 16.3. The molecule has 134 valence electrons. The van der Waals surface area contributed by atoms with Gasteiger partial charge in [0.05, 0.1) is 17.7 Å². The molecule has 1 fully saturated rings. The van der Waals surface area contributed by atoms with E-state index in [9.17, 15) is 14.7 Å². The van der Waals surface area contributed by atoms with Gasteiger partial charge in [-0.15, -0.1) is 0 Å². The number of para-hydroxylation sites is 1. The van der Waals surface area contributed by atoms with E-state index in [2.05, 4.69) is 5.32 Å². The summed E-state index contributed by atoms with van der Waals surface area (Å²) in [6.45, 7) is 4.41. The van der Waals surface area contributed by atoms with Crippen LogP contribution < -0.4 is 5.32 Å². The lowest BCUT2D eigenvalue weighted by atomic mass is 10.1. The number of hydrogen-bond donors (Lipinski definition) is 2. The second kappa shape index (κ2) is 6.88. The highest BCUT2D eigenvalue weighted by Gasteiger charge is 2.29. The molecule has 0 spiro atoms. The Hall–Kier alpha value is -2.34. The number of carbonyl (C=O) groups is 2. The summed E-state index contributed by atoms with van der Waals surface area (Å²) in [6, 6.07) is 7.60. The third-order valence-corrected chi connectivity index (χ3v) is 5.16. The maximum absolute atomic E-state index is 13.2. The number of benzene rings is 1. The first-order valence-corrected chi connectivity index (χ1v) is 8.68. The highest BCUT2D eigenvalue weighted by molar-refractivity contribution is 6.08. The molecule has 1 aromatic heterocycles. The highest BCUT2D eigenvalue weighted by Crippen LogP contribution is 2.27. The number of aliphatic hydroxyl groups excluding tert-OH is 1. The Balaban J connectivity index is 1.87. The van der Waals surface area contributed by atoms with Crippen LogP contribution in [0, 0.1) is 6.92 Å². The zero-order chi connectivity index (χ0) is 18.1. The van der Waals surface area contributed by atoms with E-state index in [1.807, 2.05) is 42.8 Å². The summed E-state index contributed by atoms with van der Waals surface area (Å²) in [7, 11) is 1.97. The number of amides is 2. The largest absolute Gasteiger partial charge is 0.391 e. The fraction of sp³-hybridized carbons (Fsp3) is 0.474. The molecule has 25 heavy (non-hydrogen) atoms. The van der Waals surface area contributed by atoms with E-state index in [0.29, 0.717) is 25.9 Å². The lowest BCUT2D eigenvalue weighted by molar-refractivity contribution is -0.120. The summed E-state index contributed by atoms with van der Waals surface area (Å²) < 4.78 is 2.04. The number of nitrogens with zero attached hydrogens (tertiary/aromatic N) is 2. The number of nitrogens with one attached hydrogen (secondary N) is 1. The van der Waals surface area contributed by atoms with Crippen molar-refractivity contribution >= 4 is 22.7 Å². The average Bonchev–Trinajstić information content (AvgIpc) is 2.71. The third kappa shape index (κ3) is 3.26. The van der Waals surface area contributed by atoms with Crippen molar-refractivity contribution in [1.82, 2.24) is 14.8 Å². The fourth-order valence-corrected chi connectivity index (χ4v) is 3.67. The molecule has 0 aliphatic carbocycles. The lowest BCUT2D eigenvalue weighted by Gasteiger charge is -2.21. The maximum atomic E-state index is 13.2. The van der Waals surface area contributed by atoms with Crippen LogP contribution in [0.15, 0.2) is 24.3 Å². The van der Waals surface area contributed by atoms with Crippen molar-refractivity contribution in [2.45, 2.75) is 38.8 Å². The number of hydrogen-bond acceptors (Lipinski definition) is 3. The normalized spacial score (nSPS) is 21.2. The molecule has 1 aromatic carbocycles. The van der Waals surface area contributed by atoms with E-state index < -0.39 is 6.10 Å². The number of likely N-dealkylation sites (tertiary alicyclic amines) is 1. The molecule has 0 saturated carbocycles. The van der Waals surface area contributed by atoms with Crippen LogP contribution in [-0.4, -0.2) is 51.6 Å². The van der Waals surface area contributed by atoms with Crippen LogP contribution in [-0.2, 0) is 11.8 Å². The van der Waals surface area contributed by atoms with Crippen molar-refractivity contribution in [3.63, 3.8) is 0 Å². The Morgan fingerprint density at radius 2 is 1.88 bits per heavy atom. The van der Waals surface area contributed by atoms with Crippen LogP contribution in [0.2, 0.25) is 0 Å². The van der Waals surface area contributed by atoms with Gasteiger partial charge in [-0.05, 0) is 25.8 Å². The van der Waals surface area contributed by atoms with E-state index in [4.69, 9.17) is 0 Å². The first-order valence-electron chi connectivity index (χ1n) is 8.68. The Morgan fingerprint density at radius 3 is 2.60 bits per heavy atom. The predicted molar refractivity (Wildman–Crippen MR) is 96.4 cm³/mol. The quantitative estimate of drug-likeness (QED) is 0.869. The molecular formula is C19H25N3O3. The van der Waals surface area contributed by atoms with Crippen molar-refractivity contribution in [3.05, 3.63) is 35.5 Å². The van der Waals surface area contributed by atoms with Gasteiger partial charge in [0.2, 0.25) is 5.91 Å². The first kappa shape index (κ1) is 17.5. The van der Waals surface area contributed by atoms with Crippen LogP contribution in [0.1, 0.15) is 35.8 Å². The van der Waals surface area contributed by atoms with Gasteiger partial charge in [0.25, 0.3) is 5.91 Å². The van der Waals surface area contributed by atoms with Gasteiger partial charge in [0, 0.05) is 43.7 Å². The summed E-state index contributed by atoms with van der Waals surface area (Å²) >= 11 is 0. The summed E-state index contributed by atoms with van der Waals surface area (Å²) in [6.07, 6.45) is 0.381.